The number of aromatic amines is 1. The summed E-state index contributed by atoms with van der Waals surface area (Å²) in [5, 5.41) is 12.1. The third-order valence-electron chi connectivity index (χ3n) is 5.17. The Bertz CT molecular complexity index is 1160. The number of hydrogen-bond acceptors (Lipinski definition) is 4. The van der Waals surface area contributed by atoms with Crippen molar-refractivity contribution in [2.24, 2.45) is 0 Å². The number of aryl methyl sites for hydroxylation is 3. The van der Waals surface area contributed by atoms with Crippen LogP contribution in [-0.4, -0.2) is 34.5 Å². The van der Waals surface area contributed by atoms with Crippen LogP contribution in [0.4, 0.5) is 0 Å². The molecule has 27 heavy (non-hydrogen) atoms. The first-order valence-corrected chi connectivity index (χ1v) is 9.58. The molecule has 1 aromatic carbocycles. The monoisotopic (exact) mass is 423 g/mol. The third-order valence-corrected chi connectivity index (χ3v) is 5.66. The molecule has 4 heterocycles. The topological polar surface area (TPSA) is 77.2 Å². The lowest BCUT2D eigenvalue weighted by Crippen LogP contribution is -2.06. The lowest BCUT2D eigenvalue weighted by atomic mass is 10.1. The summed E-state index contributed by atoms with van der Waals surface area (Å²) in [6, 6.07) is 6.24. The van der Waals surface area contributed by atoms with Crippen molar-refractivity contribution >= 4 is 15.9 Å². The van der Waals surface area contributed by atoms with Gasteiger partial charge in [-0.15, -0.1) is 0 Å². The van der Waals surface area contributed by atoms with E-state index in [1.165, 1.54) is 0 Å². The molecule has 0 bridgehead atoms. The molecule has 0 atom stereocenters. The van der Waals surface area contributed by atoms with Crippen molar-refractivity contribution in [2.75, 3.05) is 0 Å². The molecule has 5 rings (SSSR count). The van der Waals surface area contributed by atoms with Crippen LogP contribution in [0.5, 0.6) is 0 Å². The van der Waals surface area contributed by atoms with Crippen LogP contribution in [0, 0.1) is 20.8 Å². The number of benzene rings is 1. The van der Waals surface area contributed by atoms with Gasteiger partial charge in [-0.25, -0.2) is 14.6 Å². The molecule has 8 heteroatoms. The van der Waals surface area contributed by atoms with Gasteiger partial charge in [-0.2, -0.15) is 10.2 Å². The van der Waals surface area contributed by atoms with E-state index in [0.717, 1.165) is 55.7 Å². The molecular formula is C19H18BrN7. The smallest absolute Gasteiger partial charge is 0.160 e. The summed E-state index contributed by atoms with van der Waals surface area (Å²) in [6.07, 6.45) is 2.54. The number of H-pyrrole nitrogens is 1. The number of hydrogen-bond donors (Lipinski definition) is 1. The van der Waals surface area contributed by atoms with Crippen LogP contribution in [0.15, 0.2) is 29.0 Å². The van der Waals surface area contributed by atoms with Crippen LogP contribution in [-0.2, 0) is 13.0 Å². The zero-order valence-corrected chi connectivity index (χ0v) is 16.9. The average Bonchev–Trinajstić information content (AvgIpc) is 3.28. The fourth-order valence-electron chi connectivity index (χ4n) is 3.67. The molecular weight excluding hydrogens is 406 g/mol. The van der Waals surface area contributed by atoms with Gasteiger partial charge in [-0.3, -0.25) is 5.10 Å². The van der Waals surface area contributed by atoms with Gasteiger partial charge in [0, 0.05) is 27.7 Å². The quantitative estimate of drug-likeness (QED) is 0.471. The Balaban J connectivity index is 1.68. The van der Waals surface area contributed by atoms with E-state index in [1.54, 1.807) is 0 Å². The average molecular weight is 424 g/mol. The fraction of sp³-hybridized carbons (Fsp3) is 0.263. The molecule has 1 aliphatic rings. The predicted molar refractivity (Wildman–Crippen MR) is 105 cm³/mol. The first-order valence-electron chi connectivity index (χ1n) is 8.78. The van der Waals surface area contributed by atoms with Crippen molar-refractivity contribution in [3.8, 4) is 17.1 Å². The van der Waals surface area contributed by atoms with Gasteiger partial charge in [-0.05, 0) is 39.0 Å². The second-order valence-corrected chi connectivity index (χ2v) is 7.82. The summed E-state index contributed by atoms with van der Waals surface area (Å²) in [7, 11) is 0. The van der Waals surface area contributed by atoms with Crippen LogP contribution in [0.1, 0.15) is 34.2 Å². The standard InChI is InChI=1S/C19H18BrN7/c1-10-14(11(2)24-23-10)7-18-22-19-15-6-13(20)4-5-16(15)26-9-21-12(3)17(26)8-27(19)25-18/h4-6,9H,7-8H2,1-3H3,(H,23,24). The molecule has 0 aliphatic carbocycles. The highest BCUT2D eigenvalue weighted by molar-refractivity contribution is 9.10. The van der Waals surface area contributed by atoms with E-state index in [9.17, 15) is 0 Å². The Morgan fingerprint density at radius 2 is 2.04 bits per heavy atom. The highest BCUT2D eigenvalue weighted by atomic mass is 79.9. The third kappa shape index (κ3) is 2.55. The van der Waals surface area contributed by atoms with E-state index >= 15 is 0 Å². The minimum absolute atomic E-state index is 0.643. The van der Waals surface area contributed by atoms with Crippen molar-refractivity contribution in [3.05, 3.63) is 63.2 Å². The first kappa shape index (κ1) is 16.4. The van der Waals surface area contributed by atoms with Crippen molar-refractivity contribution in [3.63, 3.8) is 0 Å². The number of imidazole rings is 1. The first-order chi connectivity index (χ1) is 13.0. The molecule has 7 nitrogen and oxygen atoms in total. The van der Waals surface area contributed by atoms with E-state index < -0.39 is 0 Å². The number of rotatable bonds is 2. The maximum atomic E-state index is 4.90. The van der Waals surface area contributed by atoms with Crippen LogP contribution < -0.4 is 0 Å². The van der Waals surface area contributed by atoms with Gasteiger partial charge >= 0.3 is 0 Å². The normalized spacial score (nSPS) is 12.4. The molecule has 136 valence electrons. The number of aromatic nitrogens is 7. The molecule has 0 spiro atoms. The second-order valence-electron chi connectivity index (χ2n) is 6.91. The zero-order valence-electron chi connectivity index (χ0n) is 15.3. The number of nitrogens with one attached hydrogen (secondary N) is 1. The summed E-state index contributed by atoms with van der Waals surface area (Å²) in [4.78, 5) is 9.40. The Morgan fingerprint density at radius 3 is 2.81 bits per heavy atom. The molecule has 1 aliphatic heterocycles. The summed E-state index contributed by atoms with van der Waals surface area (Å²) in [6.45, 7) is 6.72. The summed E-state index contributed by atoms with van der Waals surface area (Å²) >= 11 is 3.59. The highest BCUT2D eigenvalue weighted by Gasteiger charge is 2.24. The minimum Gasteiger partial charge on any atom is -0.300 e. The van der Waals surface area contributed by atoms with Crippen LogP contribution in [0.25, 0.3) is 17.1 Å². The molecule has 0 saturated heterocycles. The molecule has 0 saturated carbocycles. The van der Waals surface area contributed by atoms with Gasteiger partial charge in [0.1, 0.15) is 0 Å². The molecule has 0 unspecified atom stereocenters. The lowest BCUT2D eigenvalue weighted by molar-refractivity contribution is 0.664. The fourth-order valence-corrected chi connectivity index (χ4v) is 4.03. The zero-order chi connectivity index (χ0) is 18.7. The Labute approximate surface area is 164 Å². The molecule has 3 aromatic heterocycles. The Kier molecular flexibility index (Phi) is 3.58. The number of halogens is 1. The van der Waals surface area contributed by atoms with Crippen molar-refractivity contribution < 1.29 is 0 Å². The summed E-state index contributed by atoms with van der Waals surface area (Å²) in [5.41, 5.74) is 7.47. The Morgan fingerprint density at radius 1 is 1.19 bits per heavy atom. The predicted octanol–water partition coefficient (Wildman–Crippen LogP) is 3.49. The minimum atomic E-state index is 0.643. The molecule has 0 fully saturated rings. The van der Waals surface area contributed by atoms with E-state index in [4.69, 9.17) is 10.1 Å². The largest absolute Gasteiger partial charge is 0.300 e. The number of fused-ring (bicyclic) bond motifs is 5. The number of nitrogens with zero attached hydrogens (tertiary/aromatic N) is 6. The van der Waals surface area contributed by atoms with Gasteiger partial charge in [0.2, 0.25) is 0 Å². The van der Waals surface area contributed by atoms with Gasteiger partial charge in [-0.1, -0.05) is 15.9 Å². The van der Waals surface area contributed by atoms with E-state index in [-0.39, 0.29) is 0 Å². The molecule has 4 aromatic rings. The van der Waals surface area contributed by atoms with Crippen molar-refractivity contribution in [1.82, 2.24) is 34.5 Å². The molecule has 1 N–H and O–H groups in total. The van der Waals surface area contributed by atoms with Crippen LogP contribution >= 0.6 is 15.9 Å². The highest BCUT2D eigenvalue weighted by Crippen LogP contribution is 2.33. The van der Waals surface area contributed by atoms with E-state index in [1.807, 2.05) is 37.8 Å². The van der Waals surface area contributed by atoms with Crippen molar-refractivity contribution in [1.29, 1.82) is 0 Å². The Hall–Kier alpha value is -2.74. The van der Waals surface area contributed by atoms with Gasteiger partial charge in [0.25, 0.3) is 0 Å². The second kappa shape index (κ2) is 5.88. The maximum Gasteiger partial charge on any atom is 0.160 e. The van der Waals surface area contributed by atoms with Crippen LogP contribution in [0.3, 0.4) is 0 Å². The van der Waals surface area contributed by atoms with Gasteiger partial charge in [0.15, 0.2) is 11.6 Å². The van der Waals surface area contributed by atoms with Gasteiger partial charge < -0.3 is 4.57 Å². The molecule has 0 radical (unpaired) electrons. The van der Waals surface area contributed by atoms with E-state index in [0.29, 0.717) is 13.0 Å². The van der Waals surface area contributed by atoms with E-state index in [2.05, 4.69) is 47.8 Å². The lowest BCUT2D eigenvalue weighted by Gasteiger charge is -2.08. The molecule has 0 amide bonds. The summed E-state index contributed by atoms with van der Waals surface area (Å²) < 4.78 is 5.13. The summed E-state index contributed by atoms with van der Waals surface area (Å²) in [5.74, 6) is 1.68. The van der Waals surface area contributed by atoms with Crippen LogP contribution in [0.2, 0.25) is 0 Å². The van der Waals surface area contributed by atoms with Crippen molar-refractivity contribution in [2.45, 2.75) is 33.7 Å². The maximum absolute atomic E-state index is 4.90. The SMILES string of the molecule is Cc1n[nH]c(C)c1Cc1nc2n(n1)Cc1c(C)ncn1-c1ccc(Br)cc1-2. The van der Waals surface area contributed by atoms with Gasteiger partial charge in [0.05, 0.1) is 35.6 Å².